The van der Waals surface area contributed by atoms with Gasteiger partial charge in [0.2, 0.25) is 5.88 Å². The van der Waals surface area contributed by atoms with E-state index < -0.39 is 4.92 Å². The summed E-state index contributed by atoms with van der Waals surface area (Å²) in [5.41, 5.74) is 1.62. The fraction of sp³-hybridized carbons (Fsp3) is 0.211. The van der Waals surface area contributed by atoms with E-state index in [2.05, 4.69) is 15.4 Å². The third kappa shape index (κ3) is 4.32. The highest BCUT2D eigenvalue weighted by Crippen LogP contribution is 2.21. The maximum absolute atomic E-state index is 12.6. The number of hydrogen-bond acceptors (Lipinski definition) is 6. The van der Waals surface area contributed by atoms with Crippen molar-refractivity contribution in [3.05, 3.63) is 70.0 Å². The van der Waals surface area contributed by atoms with Gasteiger partial charge in [0.25, 0.3) is 11.6 Å². The van der Waals surface area contributed by atoms with Crippen LogP contribution in [-0.4, -0.2) is 31.7 Å². The van der Waals surface area contributed by atoms with Crippen LogP contribution >= 0.6 is 0 Å². The smallest absolute Gasteiger partial charge is 0.269 e. The molecule has 0 aliphatic carbocycles. The number of rotatable bonds is 6. The fourth-order valence-corrected chi connectivity index (χ4v) is 2.52. The van der Waals surface area contributed by atoms with Crippen LogP contribution in [0.2, 0.25) is 0 Å². The molecule has 3 rings (SSSR count). The van der Waals surface area contributed by atoms with Gasteiger partial charge in [-0.1, -0.05) is 0 Å². The van der Waals surface area contributed by atoms with Crippen molar-refractivity contribution in [1.82, 2.24) is 14.8 Å². The van der Waals surface area contributed by atoms with E-state index in [1.54, 1.807) is 37.3 Å². The first kappa shape index (κ1) is 19.0. The van der Waals surface area contributed by atoms with Crippen LogP contribution in [0.25, 0.3) is 5.69 Å². The number of aryl methyl sites for hydroxylation is 1. The van der Waals surface area contributed by atoms with Crippen molar-refractivity contribution < 1.29 is 14.5 Å². The van der Waals surface area contributed by atoms with E-state index in [0.29, 0.717) is 28.6 Å². The predicted octanol–water partition coefficient (Wildman–Crippen LogP) is 3.52. The van der Waals surface area contributed by atoms with Crippen LogP contribution in [0.5, 0.6) is 5.88 Å². The number of hydrogen-bond donors (Lipinski definition) is 1. The average Bonchev–Trinajstić information content (AvgIpc) is 3.02. The molecule has 1 aromatic carbocycles. The lowest BCUT2D eigenvalue weighted by Crippen LogP contribution is -2.15. The number of carbonyl (C=O) groups excluding carboxylic acids is 1. The molecule has 144 valence electrons. The third-order valence-electron chi connectivity index (χ3n) is 3.73. The van der Waals surface area contributed by atoms with Gasteiger partial charge in [0.05, 0.1) is 28.0 Å². The zero-order valence-electron chi connectivity index (χ0n) is 15.6. The molecule has 0 unspecified atom stereocenters. The molecule has 0 aliphatic heterocycles. The van der Waals surface area contributed by atoms with E-state index in [1.807, 2.05) is 13.8 Å². The molecule has 1 N–H and O–H groups in total. The summed E-state index contributed by atoms with van der Waals surface area (Å²) in [5.74, 6) is 0.531. The molecular weight excluding hydrogens is 362 g/mol. The molecule has 2 aromatic heterocycles. The summed E-state index contributed by atoms with van der Waals surface area (Å²) in [6.45, 7) is 5.57. The maximum Gasteiger partial charge on any atom is 0.269 e. The van der Waals surface area contributed by atoms with Gasteiger partial charge in [-0.05, 0) is 39.0 Å². The lowest BCUT2D eigenvalue weighted by atomic mass is 10.2. The number of nitrogens with zero attached hydrogens (tertiary/aromatic N) is 4. The number of amides is 1. The SMILES string of the molecule is Cc1cc(NC(=O)c2ccc(OC(C)C)nc2)n(-c2ccc([N+](=O)[O-])cc2)n1. The Kier molecular flexibility index (Phi) is 5.35. The summed E-state index contributed by atoms with van der Waals surface area (Å²) in [6.07, 6.45) is 1.43. The molecule has 0 saturated carbocycles. The van der Waals surface area contributed by atoms with E-state index in [9.17, 15) is 14.9 Å². The van der Waals surface area contributed by atoms with Gasteiger partial charge in [-0.2, -0.15) is 5.10 Å². The van der Waals surface area contributed by atoms with Crippen molar-refractivity contribution in [3.8, 4) is 11.6 Å². The number of non-ortho nitro benzene ring substituents is 1. The fourth-order valence-electron chi connectivity index (χ4n) is 2.52. The molecule has 0 spiro atoms. The van der Waals surface area contributed by atoms with Gasteiger partial charge in [-0.15, -0.1) is 0 Å². The standard InChI is InChI=1S/C19H19N5O4/c1-12(2)28-18-9-4-14(11-20-18)19(25)21-17-10-13(3)22-23(17)15-5-7-16(8-6-15)24(26)27/h4-12H,1-3H3,(H,21,25). The van der Waals surface area contributed by atoms with Crippen LogP contribution in [0, 0.1) is 17.0 Å². The van der Waals surface area contributed by atoms with E-state index in [1.165, 1.54) is 23.0 Å². The first-order valence-corrected chi connectivity index (χ1v) is 8.59. The van der Waals surface area contributed by atoms with Crippen LogP contribution in [0.4, 0.5) is 11.5 Å². The van der Waals surface area contributed by atoms with Crippen molar-refractivity contribution in [2.75, 3.05) is 5.32 Å². The minimum absolute atomic E-state index is 0.00815. The first-order valence-electron chi connectivity index (χ1n) is 8.59. The van der Waals surface area contributed by atoms with E-state index in [0.717, 1.165) is 0 Å². The number of anilines is 1. The Morgan fingerprint density at radius 3 is 2.50 bits per heavy atom. The molecule has 2 heterocycles. The number of nitro benzene ring substituents is 1. The van der Waals surface area contributed by atoms with Gasteiger partial charge < -0.3 is 10.1 Å². The van der Waals surface area contributed by atoms with Crippen LogP contribution in [0.15, 0.2) is 48.7 Å². The van der Waals surface area contributed by atoms with Crippen LogP contribution in [0.1, 0.15) is 29.9 Å². The molecule has 0 atom stereocenters. The Bertz CT molecular complexity index is 994. The molecule has 0 saturated heterocycles. The zero-order chi connectivity index (χ0) is 20.3. The Hall–Kier alpha value is -3.75. The second-order valence-electron chi connectivity index (χ2n) is 6.36. The highest BCUT2D eigenvalue weighted by Gasteiger charge is 2.14. The van der Waals surface area contributed by atoms with Crippen LogP contribution in [0.3, 0.4) is 0 Å². The lowest BCUT2D eigenvalue weighted by molar-refractivity contribution is -0.384. The summed E-state index contributed by atoms with van der Waals surface area (Å²) >= 11 is 0. The Labute approximate surface area is 161 Å². The van der Waals surface area contributed by atoms with E-state index >= 15 is 0 Å². The van der Waals surface area contributed by atoms with Crippen LogP contribution in [-0.2, 0) is 0 Å². The van der Waals surface area contributed by atoms with Crippen molar-refractivity contribution in [3.63, 3.8) is 0 Å². The topological polar surface area (TPSA) is 112 Å². The number of pyridine rings is 1. The molecular formula is C19H19N5O4. The van der Waals surface area contributed by atoms with E-state index in [-0.39, 0.29) is 17.7 Å². The predicted molar refractivity (Wildman–Crippen MR) is 103 cm³/mol. The Morgan fingerprint density at radius 1 is 1.21 bits per heavy atom. The summed E-state index contributed by atoms with van der Waals surface area (Å²) in [6, 6.07) is 10.9. The zero-order valence-corrected chi connectivity index (χ0v) is 15.6. The minimum atomic E-state index is -0.472. The highest BCUT2D eigenvalue weighted by molar-refractivity contribution is 6.03. The molecule has 0 aliphatic rings. The molecule has 28 heavy (non-hydrogen) atoms. The van der Waals surface area contributed by atoms with Gasteiger partial charge in [-0.3, -0.25) is 14.9 Å². The van der Waals surface area contributed by atoms with Crippen molar-refractivity contribution in [1.29, 1.82) is 0 Å². The molecule has 9 nitrogen and oxygen atoms in total. The summed E-state index contributed by atoms with van der Waals surface area (Å²) in [7, 11) is 0. The number of carbonyl (C=O) groups is 1. The largest absolute Gasteiger partial charge is 0.475 e. The molecule has 1 amide bonds. The van der Waals surface area contributed by atoms with Gasteiger partial charge in [-0.25, -0.2) is 9.67 Å². The van der Waals surface area contributed by atoms with Crippen molar-refractivity contribution in [2.45, 2.75) is 26.9 Å². The third-order valence-corrected chi connectivity index (χ3v) is 3.73. The monoisotopic (exact) mass is 381 g/mol. The number of ether oxygens (including phenoxy) is 1. The normalized spacial score (nSPS) is 10.7. The Balaban J connectivity index is 1.81. The van der Waals surface area contributed by atoms with Gasteiger partial charge in [0, 0.05) is 30.5 Å². The summed E-state index contributed by atoms with van der Waals surface area (Å²) in [5, 5.41) is 18.0. The van der Waals surface area contributed by atoms with E-state index in [4.69, 9.17) is 4.74 Å². The summed E-state index contributed by atoms with van der Waals surface area (Å²) < 4.78 is 6.98. The lowest BCUT2D eigenvalue weighted by Gasteiger charge is -2.10. The molecule has 3 aromatic rings. The second-order valence-corrected chi connectivity index (χ2v) is 6.36. The maximum atomic E-state index is 12.6. The number of nitrogens with one attached hydrogen (secondary N) is 1. The second kappa shape index (κ2) is 7.87. The van der Waals surface area contributed by atoms with Gasteiger partial charge in [0.1, 0.15) is 5.82 Å². The number of aromatic nitrogens is 3. The summed E-state index contributed by atoms with van der Waals surface area (Å²) in [4.78, 5) is 27.0. The molecule has 9 heteroatoms. The first-order chi connectivity index (χ1) is 13.3. The van der Waals surface area contributed by atoms with Gasteiger partial charge in [0.15, 0.2) is 0 Å². The number of benzene rings is 1. The Morgan fingerprint density at radius 2 is 1.93 bits per heavy atom. The van der Waals surface area contributed by atoms with Crippen LogP contribution < -0.4 is 10.1 Å². The molecule has 0 fully saturated rings. The van der Waals surface area contributed by atoms with Gasteiger partial charge >= 0.3 is 0 Å². The molecule has 0 radical (unpaired) electrons. The number of nitro groups is 1. The van der Waals surface area contributed by atoms with Crippen molar-refractivity contribution in [2.24, 2.45) is 0 Å². The average molecular weight is 381 g/mol. The van der Waals surface area contributed by atoms with Crippen molar-refractivity contribution >= 4 is 17.4 Å². The highest BCUT2D eigenvalue weighted by atomic mass is 16.6. The minimum Gasteiger partial charge on any atom is -0.475 e. The molecule has 0 bridgehead atoms. The quantitative estimate of drug-likeness (QED) is 0.516.